The molecule has 0 N–H and O–H groups in total. The lowest BCUT2D eigenvalue weighted by Crippen LogP contribution is -2.37. The largest absolute Gasteiger partial charge is 0.756 e. The maximum Gasteiger partial charge on any atom is 0.268 e. The number of phosphoric acid groups is 1. The van der Waals surface area contributed by atoms with Gasteiger partial charge >= 0.3 is 0 Å². The van der Waals surface area contributed by atoms with Crippen molar-refractivity contribution in [3.63, 3.8) is 0 Å². The molecule has 0 aliphatic carbocycles. The van der Waals surface area contributed by atoms with Gasteiger partial charge in [-0.25, -0.2) is 0 Å². The zero-order chi connectivity index (χ0) is 24.8. The van der Waals surface area contributed by atoms with Crippen LogP contribution in [0.1, 0.15) is 104 Å². The third kappa shape index (κ3) is 24.7. The molecule has 198 valence electrons. The normalized spacial score (nSPS) is 15.2. The highest BCUT2D eigenvalue weighted by Gasteiger charge is 2.17. The van der Waals surface area contributed by atoms with Crippen molar-refractivity contribution in [1.82, 2.24) is 0 Å². The Morgan fingerprint density at radius 2 is 1.36 bits per heavy atom. The van der Waals surface area contributed by atoms with Crippen LogP contribution in [-0.4, -0.2) is 58.1 Å². The molecule has 0 aliphatic heterocycles. The van der Waals surface area contributed by atoms with Crippen molar-refractivity contribution in [1.29, 1.82) is 0 Å². The minimum atomic E-state index is -4.28. The van der Waals surface area contributed by atoms with Crippen molar-refractivity contribution in [2.45, 2.75) is 110 Å². The van der Waals surface area contributed by atoms with Crippen LogP contribution in [0.3, 0.4) is 0 Å². The van der Waals surface area contributed by atoms with Crippen molar-refractivity contribution in [2.24, 2.45) is 0 Å². The summed E-state index contributed by atoms with van der Waals surface area (Å²) in [5.41, 5.74) is 0. The Bertz CT molecular complexity index is 507. The maximum absolute atomic E-state index is 12.0. The van der Waals surface area contributed by atoms with E-state index in [-0.39, 0.29) is 19.3 Å². The van der Waals surface area contributed by atoms with Crippen LogP contribution < -0.4 is 4.89 Å². The quantitative estimate of drug-likeness (QED) is 0.0655. The van der Waals surface area contributed by atoms with Crippen LogP contribution in [0.25, 0.3) is 0 Å². The van der Waals surface area contributed by atoms with E-state index in [1.807, 2.05) is 28.1 Å². The Balaban J connectivity index is 3.76. The van der Waals surface area contributed by atoms with E-state index in [1.165, 1.54) is 70.6 Å². The number of hydrogen-bond donors (Lipinski definition) is 0. The van der Waals surface area contributed by atoms with E-state index in [4.69, 9.17) is 13.8 Å². The van der Waals surface area contributed by atoms with Gasteiger partial charge in [0.1, 0.15) is 13.2 Å². The molecule has 0 aliphatic rings. The van der Waals surface area contributed by atoms with E-state index in [0.717, 1.165) is 19.3 Å². The number of hydrogen-bond acceptors (Lipinski definition) is 5. The molecule has 0 aromatic rings. The summed E-state index contributed by atoms with van der Waals surface area (Å²) < 4.78 is 28.3. The second-order valence-corrected chi connectivity index (χ2v) is 11.5. The van der Waals surface area contributed by atoms with Crippen LogP contribution in [0.4, 0.5) is 0 Å². The van der Waals surface area contributed by atoms with Crippen molar-refractivity contribution in [3.8, 4) is 0 Å². The second-order valence-electron chi connectivity index (χ2n) is 10.0. The molecule has 33 heavy (non-hydrogen) atoms. The van der Waals surface area contributed by atoms with Gasteiger partial charge < -0.3 is 23.2 Å². The molecule has 0 bridgehead atoms. The van der Waals surface area contributed by atoms with E-state index in [9.17, 15) is 9.46 Å². The van der Waals surface area contributed by atoms with Crippen LogP contribution in [0, 0.1) is 0 Å². The van der Waals surface area contributed by atoms with Gasteiger partial charge in [-0.15, -0.1) is 0 Å². The van der Waals surface area contributed by atoms with E-state index < -0.39 is 7.82 Å². The average Bonchev–Trinajstić information content (AvgIpc) is 2.73. The summed E-state index contributed by atoms with van der Waals surface area (Å²) in [4.78, 5) is 12.0. The van der Waals surface area contributed by atoms with E-state index in [0.29, 0.717) is 17.6 Å². The fourth-order valence-electron chi connectivity index (χ4n) is 3.53. The predicted molar refractivity (Wildman–Crippen MR) is 137 cm³/mol. The molecule has 2 unspecified atom stereocenters. The summed E-state index contributed by atoms with van der Waals surface area (Å²) in [5.74, 6) is 0. The van der Waals surface area contributed by atoms with Gasteiger partial charge in [-0.3, -0.25) is 4.57 Å². The first kappa shape index (κ1) is 32.8. The molecule has 0 amide bonds. The molecular formula is C26H54NO5P. The van der Waals surface area contributed by atoms with Gasteiger partial charge in [0, 0.05) is 6.61 Å². The zero-order valence-corrected chi connectivity index (χ0v) is 23.3. The fraction of sp³-hybridized carbons (Fsp3) is 0.923. The molecule has 0 heterocycles. The molecule has 0 aromatic heterocycles. The van der Waals surface area contributed by atoms with Gasteiger partial charge in [-0.2, -0.15) is 0 Å². The Hall–Kier alpha value is -0.230. The third-order valence-corrected chi connectivity index (χ3v) is 6.58. The molecular weight excluding hydrogens is 437 g/mol. The van der Waals surface area contributed by atoms with Gasteiger partial charge in [0.05, 0.1) is 33.9 Å². The molecule has 0 saturated carbocycles. The Kier molecular flexibility index (Phi) is 20.9. The third-order valence-electron chi connectivity index (χ3n) is 5.62. The minimum Gasteiger partial charge on any atom is -0.756 e. The van der Waals surface area contributed by atoms with Crippen LogP contribution in [-0.2, 0) is 18.3 Å². The molecule has 0 saturated heterocycles. The van der Waals surface area contributed by atoms with Crippen molar-refractivity contribution < 1.29 is 27.7 Å². The lowest BCUT2D eigenvalue weighted by molar-refractivity contribution is -0.870. The number of ether oxygens (including phenoxy) is 1. The van der Waals surface area contributed by atoms with E-state index in [2.05, 4.69) is 19.1 Å². The molecule has 0 radical (unpaired) electrons. The highest BCUT2D eigenvalue weighted by Crippen LogP contribution is 2.38. The first-order chi connectivity index (χ1) is 15.7. The summed E-state index contributed by atoms with van der Waals surface area (Å²) in [6.45, 7) is 5.48. The summed E-state index contributed by atoms with van der Waals surface area (Å²) >= 11 is 0. The molecule has 0 spiro atoms. The smallest absolute Gasteiger partial charge is 0.268 e. The number of rotatable bonds is 24. The fourth-order valence-corrected chi connectivity index (χ4v) is 4.26. The summed E-state index contributed by atoms with van der Waals surface area (Å²) in [7, 11) is 1.68. The van der Waals surface area contributed by atoms with Gasteiger partial charge in [-0.1, -0.05) is 76.9 Å². The Labute approximate surface area is 205 Å². The molecule has 2 atom stereocenters. The molecule has 7 heteroatoms. The number of allylic oxidation sites excluding steroid dienone is 2. The lowest BCUT2D eigenvalue weighted by Gasteiger charge is -2.28. The monoisotopic (exact) mass is 491 g/mol. The molecule has 0 rings (SSSR count). The number of nitrogens with zero attached hydrogens (tertiary/aromatic N) is 1. The molecule has 0 aromatic carbocycles. The predicted octanol–water partition coefficient (Wildman–Crippen LogP) is 6.64. The van der Waals surface area contributed by atoms with Gasteiger partial charge in [-0.05, 0) is 39.0 Å². The van der Waals surface area contributed by atoms with Gasteiger partial charge in [0.15, 0.2) is 0 Å². The van der Waals surface area contributed by atoms with Gasteiger partial charge in [0.2, 0.25) is 0 Å². The lowest BCUT2D eigenvalue weighted by atomic mass is 10.1. The summed E-state index contributed by atoms with van der Waals surface area (Å²) in [6, 6.07) is 0. The van der Waals surface area contributed by atoms with Crippen molar-refractivity contribution in [2.75, 3.05) is 47.5 Å². The number of quaternary nitrogens is 1. The standard InChI is InChI=1S/C26H54NO5P/c1-6-8-9-10-11-12-13-14-15-16-17-18-19-20-21-22-26(30-7-2)25-32-33(28,29)31-24-23-27(3,4)5/h14-15,26H,6-13,16-25H2,1-5H3/b15-14-. The highest BCUT2D eigenvalue weighted by atomic mass is 31.2. The van der Waals surface area contributed by atoms with Crippen LogP contribution in [0.5, 0.6) is 0 Å². The van der Waals surface area contributed by atoms with Crippen molar-refractivity contribution in [3.05, 3.63) is 12.2 Å². The first-order valence-corrected chi connectivity index (χ1v) is 14.8. The SMILES string of the molecule is CCCCCCCC/C=C\CCCCCCCC(COP(=O)([O-])OCC[N+](C)(C)C)OCC. The molecule has 6 nitrogen and oxygen atoms in total. The average molecular weight is 492 g/mol. The number of likely N-dealkylation sites (N-methyl/N-ethyl adjacent to an activating group) is 1. The zero-order valence-electron chi connectivity index (χ0n) is 22.4. The van der Waals surface area contributed by atoms with Gasteiger partial charge in [0.25, 0.3) is 7.82 Å². The van der Waals surface area contributed by atoms with Crippen molar-refractivity contribution >= 4 is 7.82 Å². The summed E-state index contributed by atoms with van der Waals surface area (Å²) in [6.07, 6.45) is 21.7. The Morgan fingerprint density at radius 3 is 1.91 bits per heavy atom. The minimum absolute atomic E-state index is 0.0302. The summed E-state index contributed by atoms with van der Waals surface area (Å²) in [5, 5.41) is 0. The van der Waals surface area contributed by atoms with Crippen LogP contribution in [0.2, 0.25) is 0 Å². The van der Waals surface area contributed by atoms with E-state index in [1.54, 1.807) is 0 Å². The van der Waals surface area contributed by atoms with Crippen LogP contribution in [0.15, 0.2) is 12.2 Å². The Morgan fingerprint density at radius 1 is 0.818 bits per heavy atom. The first-order valence-electron chi connectivity index (χ1n) is 13.4. The van der Waals surface area contributed by atoms with E-state index >= 15 is 0 Å². The second kappa shape index (κ2) is 21.1. The highest BCUT2D eigenvalue weighted by molar-refractivity contribution is 7.45. The maximum atomic E-state index is 12.0. The topological polar surface area (TPSA) is 67.8 Å². The molecule has 0 fully saturated rings. The number of unbranched alkanes of at least 4 members (excludes halogenated alkanes) is 11. The number of phosphoric ester groups is 1. The van der Waals surface area contributed by atoms with Crippen LogP contribution >= 0.6 is 7.82 Å².